The largest absolute Gasteiger partial charge is 0.458 e. The molecule has 0 radical (unpaired) electrons. The summed E-state index contributed by atoms with van der Waals surface area (Å²) in [5.41, 5.74) is -3.67. The van der Waals surface area contributed by atoms with Crippen LogP contribution in [0.4, 0.5) is 0 Å². The molecule has 1 aliphatic heterocycles. The number of aliphatic hydroxyl groups is 3. The van der Waals surface area contributed by atoms with Gasteiger partial charge in [-0.05, 0) is 43.7 Å². The molecule has 0 bridgehead atoms. The lowest BCUT2D eigenvalue weighted by Crippen LogP contribution is -2.72. The summed E-state index contributed by atoms with van der Waals surface area (Å²) in [6.45, 7) is 9.37. The van der Waals surface area contributed by atoms with E-state index in [2.05, 4.69) is 0 Å². The average Bonchev–Trinajstić information content (AvgIpc) is 3.61. The molecule has 1 heterocycles. The highest BCUT2D eigenvalue weighted by atomic mass is 16.6. The van der Waals surface area contributed by atoms with Crippen LogP contribution in [0.1, 0.15) is 59.4 Å². The van der Waals surface area contributed by atoms with Crippen molar-refractivity contribution in [2.75, 3.05) is 0 Å². The Morgan fingerprint density at radius 2 is 1.78 bits per heavy atom. The molecule has 7 nitrogen and oxygen atoms in total. The number of ether oxygens (including phenoxy) is 2. The number of hydrogen-bond donors (Lipinski definition) is 3. The quantitative estimate of drug-likeness (QED) is 0.333. The van der Waals surface area contributed by atoms with Gasteiger partial charge in [0.25, 0.3) is 0 Å². The van der Waals surface area contributed by atoms with Gasteiger partial charge in [0, 0.05) is 16.9 Å². The summed E-state index contributed by atoms with van der Waals surface area (Å²) in [5.74, 6) is -2.23. The molecule has 3 saturated carbocycles. The first-order valence-electron chi connectivity index (χ1n) is 13.0. The van der Waals surface area contributed by atoms with E-state index in [1.165, 1.54) is 6.08 Å². The van der Waals surface area contributed by atoms with Gasteiger partial charge in [-0.25, -0.2) is 4.79 Å². The maximum Gasteiger partial charge on any atom is 0.331 e. The van der Waals surface area contributed by atoms with E-state index in [1.54, 1.807) is 13.0 Å². The van der Waals surface area contributed by atoms with Crippen molar-refractivity contribution < 1.29 is 34.4 Å². The Morgan fingerprint density at radius 1 is 1.11 bits per heavy atom. The molecule has 0 unspecified atom stereocenters. The number of hydrogen-bond acceptors (Lipinski definition) is 7. The number of aliphatic hydroxyl groups excluding tert-OH is 2. The van der Waals surface area contributed by atoms with E-state index in [0.29, 0.717) is 12.8 Å². The molecule has 3 N–H and O–H groups in total. The fourth-order valence-corrected chi connectivity index (χ4v) is 7.53. The third-order valence-electron chi connectivity index (χ3n) is 10.2. The van der Waals surface area contributed by atoms with Crippen LogP contribution in [-0.4, -0.2) is 63.2 Å². The molecule has 1 saturated heterocycles. The minimum atomic E-state index is -1.83. The first kappa shape index (κ1) is 25.6. The number of carbonyl (C=O) groups excluding carboxylic acids is 2. The molecule has 3 aliphatic carbocycles. The fraction of sp³-hybridized carbons (Fsp3) is 0.655. The van der Waals surface area contributed by atoms with Crippen LogP contribution in [0, 0.1) is 28.1 Å². The first-order valence-corrected chi connectivity index (χ1v) is 13.0. The number of esters is 1. The van der Waals surface area contributed by atoms with E-state index in [0.717, 1.165) is 5.56 Å². The highest BCUT2D eigenvalue weighted by molar-refractivity contribution is 5.96. The van der Waals surface area contributed by atoms with E-state index in [-0.39, 0.29) is 24.2 Å². The van der Waals surface area contributed by atoms with Gasteiger partial charge in [0.1, 0.15) is 11.7 Å². The highest BCUT2D eigenvalue weighted by Crippen LogP contribution is 2.68. The zero-order valence-electron chi connectivity index (χ0n) is 21.7. The number of rotatable bonds is 3. The van der Waals surface area contributed by atoms with Crippen LogP contribution < -0.4 is 0 Å². The van der Waals surface area contributed by atoms with Crippen molar-refractivity contribution >= 4 is 17.8 Å². The maximum atomic E-state index is 14.3. The van der Waals surface area contributed by atoms with Gasteiger partial charge < -0.3 is 24.8 Å². The fourth-order valence-electron chi connectivity index (χ4n) is 7.53. The van der Waals surface area contributed by atoms with Gasteiger partial charge in [0.05, 0.1) is 35.7 Å². The van der Waals surface area contributed by atoms with E-state index >= 15 is 0 Å². The highest BCUT2D eigenvalue weighted by Gasteiger charge is 2.79. The van der Waals surface area contributed by atoms with Crippen LogP contribution in [0.5, 0.6) is 0 Å². The summed E-state index contributed by atoms with van der Waals surface area (Å²) in [5, 5.41) is 34.7. The lowest BCUT2D eigenvalue weighted by molar-refractivity contribution is -0.220. The lowest BCUT2D eigenvalue weighted by Gasteiger charge is -2.59. The van der Waals surface area contributed by atoms with Crippen molar-refractivity contribution in [3.05, 3.63) is 42.0 Å². The second-order valence-corrected chi connectivity index (χ2v) is 12.5. The second kappa shape index (κ2) is 8.22. The molecule has 7 heteroatoms. The third kappa shape index (κ3) is 3.39. The molecular formula is C29H38O7. The van der Waals surface area contributed by atoms with Crippen LogP contribution in [0.3, 0.4) is 0 Å². The number of fused-ring (bicyclic) bond motifs is 4. The summed E-state index contributed by atoms with van der Waals surface area (Å²) in [7, 11) is 0. The molecule has 0 amide bonds. The van der Waals surface area contributed by atoms with Crippen LogP contribution in [0.2, 0.25) is 0 Å². The van der Waals surface area contributed by atoms with Crippen LogP contribution in [-0.2, 0) is 19.1 Å². The van der Waals surface area contributed by atoms with Gasteiger partial charge in [-0.3, -0.25) is 4.79 Å². The van der Waals surface area contributed by atoms with Gasteiger partial charge in [0.15, 0.2) is 5.78 Å². The summed E-state index contributed by atoms with van der Waals surface area (Å²) >= 11 is 0. The molecule has 1 aromatic rings. The zero-order chi connectivity index (χ0) is 26.3. The Labute approximate surface area is 212 Å². The van der Waals surface area contributed by atoms with Crippen molar-refractivity contribution in [2.45, 2.75) is 90.0 Å². The average molecular weight is 499 g/mol. The molecular weight excluding hydrogens is 460 g/mol. The Balaban J connectivity index is 1.47. The van der Waals surface area contributed by atoms with Crippen LogP contribution in [0.15, 0.2) is 36.4 Å². The Bertz CT molecular complexity index is 1080. The minimum Gasteiger partial charge on any atom is -0.458 e. The lowest BCUT2D eigenvalue weighted by atomic mass is 9.45. The third-order valence-corrected chi connectivity index (χ3v) is 10.2. The molecule has 4 aliphatic rings. The number of ketones is 1. The topological polar surface area (TPSA) is 117 Å². The van der Waals surface area contributed by atoms with E-state index in [1.807, 2.05) is 58.0 Å². The zero-order valence-corrected chi connectivity index (χ0v) is 21.7. The predicted octanol–water partition coefficient (Wildman–Crippen LogP) is 2.90. The summed E-state index contributed by atoms with van der Waals surface area (Å²) in [6.07, 6.45) is 0.379. The number of carbonyl (C=O) groups is 2. The standard InChI is InChI=1S/C29H38O7/c1-16-15-29(34)20(21(16)35-19(31)12-11-17-9-7-6-8-10-17)22(32)27(4)14-13-18(30)26(2,3)23-24(36-23)28(27,5)25(29)33/h6-12,16,18,20-24,30,32,34H,13-15H2,1-5H3/t16-,18-,20+,21-,22+,23+,24+,27-,28+,29+/m0/s1. The van der Waals surface area contributed by atoms with Crippen molar-refractivity contribution in [1.29, 1.82) is 0 Å². The second-order valence-electron chi connectivity index (χ2n) is 12.5. The molecule has 196 valence electrons. The van der Waals surface area contributed by atoms with Gasteiger partial charge in [-0.15, -0.1) is 0 Å². The normalized spacial score (nSPS) is 47.3. The van der Waals surface area contributed by atoms with Crippen molar-refractivity contribution in [3.63, 3.8) is 0 Å². The number of epoxide rings is 1. The number of benzene rings is 1. The molecule has 4 fully saturated rings. The van der Waals surface area contributed by atoms with E-state index in [4.69, 9.17) is 9.47 Å². The summed E-state index contributed by atoms with van der Waals surface area (Å²) in [4.78, 5) is 27.0. The van der Waals surface area contributed by atoms with E-state index in [9.17, 15) is 24.9 Å². The Morgan fingerprint density at radius 3 is 2.44 bits per heavy atom. The molecule has 10 atom stereocenters. The smallest absolute Gasteiger partial charge is 0.331 e. The van der Waals surface area contributed by atoms with Crippen molar-refractivity contribution in [3.8, 4) is 0 Å². The summed E-state index contributed by atoms with van der Waals surface area (Å²) in [6, 6.07) is 9.35. The molecule has 0 aromatic heterocycles. The molecule has 1 aromatic carbocycles. The Hall–Kier alpha value is -2.06. The predicted molar refractivity (Wildman–Crippen MR) is 132 cm³/mol. The van der Waals surface area contributed by atoms with Gasteiger partial charge in [0.2, 0.25) is 0 Å². The van der Waals surface area contributed by atoms with Crippen molar-refractivity contribution in [1.82, 2.24) is 0 Å². The maximum absolute atomic E-state index is 14.3. The van der Waals surface area contributed by atoms with Gasteiger partial charge in [-0.2, -0.15) is 0 Å². The molecule has 36 heavy (non-hydrogen) atoms. The SMILES string of the molecule is C[C@H]1C[C@]2(O)C(=O)[C@@]3(C)[C@@H]4O[C@H]4C(C)(C)[C@@H](O)CC[C@@]3(C)[C@H](O)[C@H]2[C@H]1OC(=O)C=Cc1ccccc1. The summed E-state index contributed by atoms with van der Waals surface area (Å²) < 4.78 is 11.9. The Kier molecular flexibility index (Phi) is 5.84. The number of Topliss-reactive ketones (excluding diaryl/α,β-unsaturated/α-hetero) is 1. The van der Waals surface area contributed by atoms with Gasteiger partial charge >= 0.3 is 5.97 Å². The van der Waals surface area contributed by atoms with Crippen LogP contribution in [0.25, 0.3) is 6.08 Å². The molecule has 0 spiro atoms. The van der Waals surface area contributed by atoms with Crippen LogP contribution >= 0.6 is 0 Å². The van der Waals surface area contributed by atoms with Crippen molar-refractivity contribution in [2.24, 2.45) is 28.1 Å². The monoisotopic (exact) mass is 498 g/mol. The van der Waals surface area contributed by atoms with E-state index < -0.39 is 58.1 Å². The molecule has 5 rings (SSSR count). The first-order chi connectivity index (χ1) is 16.8. The minimum absolute atomic E-state index is 0.100. The van der Waals surface area contributed by atoms with Gasteiger partial charge in [-0.1, -0.05) is 58.0 Å².